The van der Waals surface area contributed by atoms with E-state index in [1.165, 1.54) is 180 Å². The molecule has 6 atom stereocenters. The summed E-state index contributed by atoms with van der Waals surface area (Å²) < 4.78 is 0. The number of hydrogen-bond donors (Lipinski definition) is 0. The molecule has 9 aliphatic rings. The van der Waals surface area contributed by atoms with Gasteiger partial charge in [0.25, 0.3) is 0 Å². The van der Waals surface area contributed by atoms with Gasteiger partial charge < -0.3 is 0 Å². The fraction of sp³-hybridized carbons (Fsp3) is 1.00. The highest BCUT2D eigenvalue weighted by molar-refractivity contribution is 4.97. The summed E-state index contributed by atoms with van der Waals surface area (Å²) in [5.41, 5.74) is 7.19. The minimum atomic E-state index is 0.547. The van der Waals surface area contributed by atoms with Crippen LogP contribution in [0.5, 0.6) is 0 Å². The molecule has 0 N–H and O–H groups in total. The predicted molar refractivity (Wildman–Crippen MR) is 375 cm³/mol. The van der Waals surface area contributed by atoms with E-state index in [-0.39, 0.29) is 0 Å². The lowest BCUT2D eigenvalue weighted by Crippen LogP contribution is -2.38. The minimum Gasteiger partial charge on any atom is -0.0651 e. The molecule has 0 aromatic rings. The molecule has 4 unspecified atom stereocenters. The van der Waals surface area contributed by atoms with Gasteiger partial charge in [0.15, 0.2) is 0 Å². The van der Waals surface area contributed by atoms with Crippen molar-refractivity contribution in [1.82, 2.24) is 0 Å². The van der Waals surface area contributed by atoms with Gasteiger partial charge in [-0.05, 0) is 240 Å². The average molecular weight is 1150 g/mol. The highest BCUT2D eigenvalue weighted by Gasteiger charge is 2.47. The van der Waals surface area contributed by atoms with E-state index < -0.39 is 0 Å². The lowest BCUT2D eigenvalue weighted by molar-refractivity contribution is 0.0202. The Morgan fingerprint density at radius 1 is 0.305 bits per heavy atom. The van der Waals surface area contributed by atoms with E-state index in [1.54, 1.807) is 0 Å². The number of hydrogen-bond acceptors (Lipinski definition) is 0. The van der Waals surface area contributed by atoms with E-state index in [4.69, 9.17) is 0 Å². The van der Waals surface area contributed by atoms with Crippen LogP contribution in [-0.2, 0) is 0 Å². The van der Waals surface area contributed by atoms with Gasteiger partial charge in [-0.1, -0.05) is 286 Å². The highest BCUT2D eigenvalue weighted by Crippen LogP contribution is 2.58. The topological polar surface area (TPSA) is 0 Å². The zero-order valence-corrected chi connectivity index (χ0v) is 63.6. The summed E-state index contributed by atoms with van der Waals surface area (Å²) in [6.45, 7) is 77.0. The van der Waals surface area contributed by atoms with Crippen LogP contribution in [0.4, 0.5) is 0 Å². The van der Waals surface area contributed by atoms with Gasteiger partial charge in [-0.25, -0.2) is 0 Å². The van der Waals surface area contributed by atoms with Crippen LogP contribution in [0.15, 0.2) is 0 Å². The van der Waals surface area contributed by atoms with Crippen molar-refractivity contribution in [3.05, 3.63) is 0 Å². The molecule has 0 amide bonds. The number of fused-ring (bicyclic) bond motifs is 2. The summed E-state index contributed by atoms with van der Waals surface area (Å²) in [6.07, 6.45) is 40.3. The summed E-state index contributed by atoms with van der Waals surface area (Å²) in [6, 6.07) is 0. The van der Waals surface area contributed by atoms with Gasteiger partial charge in [0.1, 0.15) is 0 Å². The van der Waals surface area contributed by atoms with Crippen molar-refractivity contribution in [2.75, 3.05) is 0 Å². The summed E-state index contributed by atoms with van der Waals surface area (Å²) in [5, 5.41) is 0. The second-order valence-corrected chi connectivity index (χ2v) is 41.4. The molecule has 9 rings (SSSR count). The lowest BCUT2D eigenvalue weighted by Gasteiger charge is -2.49. The van der Waals surface area contributed by atoms with E-state index in [0.717, 1.165) is 64.6 Å². The molecule has 0 nitrogen and oxygen atoms in total. The average Bonchev–Trinajstić information content (AvgIpc) is 3.79. The van der Waals surface area contributed by atoms with Crippen LogP contribution in [0.1, 0.15) is 401 Å². The smallest absolute Gasteiger partial charge is 0.0297 e. The first-order chi connectivity index (χ1) is 36.8. The number of rotatable bonds is 1. The molecule has 0 radical (unpaired) electrons. The zero-order chi connectivity index (χ0) is 63.6. The van der Waals surface area contributed by atoms with E-state index in [9.17, 15) is 0 Å². The molecular weight excluding hydrogens is 985 g/mol. The van der Waals surface area contributed by atoms with Gasteiger partial charge in [-0.3, -0.25) is 0 Å². The molecule has 9 aliphatic carbocycles. The van der Waals surface area contributed by atoms with Crippen molar-refractivity contribution in [3.63, 3.8) is 0 Å². The molecule has 0 aromatic carbocycles. The quantitative estimate of drug-likeness (QED) is 0.245. The molecule has 0 aromatic heterocycles. The highest BCUT2D eigenvalue weighted by atomic mass is 14.5. The molecular formula is C82H162. The maximum atomic E-state index is 2.48. The van der Waals surface area contributed by atoms with Crippen molar-refractivity contribution >= 4 is 0 Å². The first-order valence-electron chi connectivity index (χ1n) is 36.8. The minimum absolute atomic E-state index is 0.547. The molecule has 490 valence electrons. The predicted octanol–water partition coefficient (Wildman–Crippen LogP) is 28.6. The lowest BCUT2D eigenvalue weighted by atomic mass is 9.56. The molecule has 0 heterocycles. The second-order valence-electron chi connectivity index (χ2n) is 41.4. The van der Waals surface area contributed by atoms with Crippen molar-refractivity contribution in [1.29, 1.82) is 0 Å². The van der Waals surface area contributed by atoms with Crippen LogP contribution in [0, 0.1) is 124 Å². The molecule has 9 saturated carbocycles. The van der Waals surface area contributed by atoms with Gasteiger partial charge >= 0.3 is 0 Å². The monoisotopic (exact) mass is 1150 g/mol. The van der Waals surface area contributed by atoms with E-state index in [1.807, 2.05) is 0 Å². The third-order valence-electron chi connectivity index (χ3n) is 25.4. The summed E-state index contributed by atoms with van der Waals surface area (Å²) in [4.78, 5) is 0. The molecule has 0 spiro atoms. The zero-order valence-electron chi connectivity index (χ0n) is 63.6. The summed E-state index contributed by atoms with van der Waals surface area (Å²) >= 11 is 0. The first-order valence-corrected chi connectivity index (χ1v) is 36.8. The second kappa shape index (κ2) is 30.7. The van der Waals surface area contributed by atoms with Crippen LogP contribution in [-0.4, -0.2) is 0 Å². The maximum Gasteiger partial charge on any atom is -0.0297 e. The van der Waals surface area contributed by atoms with E-state index in [2.05, 4.69) is 222 Å². The van der Waals surface area contributed by atoms with E-state index >= 15 is 0 Å². The Kier molecular flexibility index (Phi) is 29.2. The van der Waals surface area contributed by atoms with Crippen molar-refractivity contribution in [2.45, 2.75) is 401 Å². The standard InChI is InChI=1S/2C12H24.2C11H22.C9H16.3C9H18/c1-10(2)7-11(3,4)9-12(5,6)8-10;1-6-10-7-11(2,3)9-12(4,5)8-10;1-9-6-10(2,3)8-11(4,5)7-9;1-9-10(2,3)7-6-8-11(9,4)5;1-7-5-8-3-4-9(7,2)6-8;1-8-4-6-9(2,3)7-5-8;1-8-6-4-5-7-9(8,2)3;1-7-5-4-6-8(2)9(7)3/h7-9H2,1-6H3;10H,6-9H2,1-5H3;2*9H,6-8H2,1-5H3;7-8H,3-6H2,1-2H3;2*8H,4-7H2,1-3H3;7-9H,4-6H2,1-3H3/t;;;;7-,8?,9?;;8-;/m....0.1./s1. The summed E-state index contributed by atoms with van der Waals surface area (Å²) in [5.74, 6) is 9.79. The van der Waals surface area contributed by atoms with Crippen LogP contribution < -0.4 is 0 Å². The maximum absolute atomic E-state index is 2.48. The Hall–Kier alpha value is 0. The fourth-order valence-corrected chi connectivity index (χ4v) is 21.2. The molecule has 0 aliphatic heterocycles. The first kappa shape index (κ1) is 78.1. The van der Waals surface area contributed by atoms with Gasteiger partial charge in [0.05, 0.1) is 0 Å². The van der Waals surface area contributed by atoms with Crippen LogP contribution >= 0.6 is 0 Å². The Labute approximate surface area is 522 Å². The largest absolute Gasteiger partial charge is 0.0651 e. The molecule has 2 bridgehead atoms. The third-order valence-corrected chi connectivity index (χ3v) is 25.4. The third kappa shape index (κ3) is 28.2. The molecule has 82 heavy (non-hydrogen) atoms. The van der Waals surface area contributed by atoms with Gasteiger partial charge in [-0.15, -0.1) is 0 Å². The van der Waals surface area contributed by atoms with Gasteiger partial charge in [-0.2, -0.15) is 0 Å². The summed E-state index contributed by atoms with van der Waals surface area (Å²) in [7, 11) is 0. The Morgan fingerprint density at radius 2 is 0.695 bits per heavy atom. The fourth-order valence-electron chi connectivity index (χ4n) is 21.2. The molecule has 0 heteroatoms. The Morgan fingerprint density at radius 3 is 0.963 bits per heavy atom. The van der Waals surface area contributed by atoms with E-state index in [0.29, 0.717) is 59.6 Å². The van der Waals surface area contributed by atoms with Crippen LogP contribution in [0.25, 0.3) is 0 Å². The molecule has 0 saturated heterocycles. The van der Waals surface area contributed by atoms with Crippen molar-refractivity contribution in [2.24, 2.45) is 124 Å². The van der Waals surface area contributed by atoms with Gasteiger partial charge in [0, 0.05) is 0 Å². The van der Waals surface area contributed by atoms with Crippen molar-refractivity contribution in [3.8, 4) is 0 Å². The van der Waals surface area contributed by atoms with Crippen LogP contribution in [0.2, 0.25) is 0 Å². The Balaban J connectivity index is 0.000000321. The SMILES string of the molecule is CC1(C)CC(C)(C)CC(C)(C)C1.CC1C(C)(C)CCCC1(C)C.CC1CC(C)(C)CC(C)(C)C1.CC1CCC(C)(C)CC1.CC1CCCC(C)C1C.CCC1CC(C)(C)CC(C)(C)C1.C[C@@H]1CCCCC1(C)C.C[C@H]1CC2CCC1(C)C2. The van der Waals surface area contributed by atoms with Crippen molar-refractivity contribution < 1.29 is 0 Å². The van der Waals surface area contributed by atoms with Gasteiger partial charge in [0.2, 0.25) is 0 Å². The Bertz CT molecular complexity index is 1670. The molecule has 9 fully saturated rings. The van der Waals surface area contributed by atoms with Crippen LogP contribution in [0.3, 0.4) is 0 Å². The normalized spacial score (nSPS) is 35.0.